The van der Waals surface area contributed by atoms with Crippen molar-refractivity contribution in [2.45, 2.75) is 29.4 Å². The Bertz CT molecular complexity index is 1110. The molecule has 0 spiro atoms. The van der Waals surface area contributed by atoms with Gasteiger partial charge in [-0.2, -0.15) is 0 Å². The molecule has 1 unspecified atom stereocenters. The molecule has 2 atom stereocenters. The maximum Gasteiger partial charge on any atom is 0.252 e. The molecule has 0 aliphatic heterocycles. The van der Waals surface area contributed by atoms with Gasteiger partial charge in [0.05, 0.1) is 47.8 Å². The van der Waals surface area contributed by atoms with Crippen LogP contribution < -0.4 is 19.5 Å². The van der Waals surface area contributed by atoms with Crippen molar-refractivity contribution >= 4 is 16.7 Å². The zero-order valence-electron chi connectivity index (χ0n) is 20.0. The first-order chi connectivity index (χ1) is 16.5. The normalized spacial score (nSPS) is 12.5. The third-order valence-electron chi connectivity index (χ3n) is 5.66. The van der Waals surface area contributed by atoms with Gasteiger partial charge in [-0.1, -0.05) is 42.5 Å². The van der Waals surface area contributed by atoms with Crippen molar-refractivity contribution in [3.05, 3.63) is 83.4 Å². The summed E-state index contributed by atoms with van der Waals surface area (Å²) >= 11 is 0. The second-order valence-corrected chi connectivity index (χ2v) is 9.30. The van der Waals surface area contributed by atoms with Crippen molar-refractivity contribution in [3.8, 4) is 17.2 Å². The Labute approximate surface area is 203 Å². The Hall–Kier alpha value is -3.32. The molecule has 3 aromatic carbocycles. The van der Waals surface area contributed by atoms with Crippen molar-refractivity contribution in [1.82, 2.24) is 5.32 Å². The van der Waals surface area contributed by atoms with Gasteiger partial charge < -0.3 is 19.5 Å². The fourth-order valence-electron chi connectivity index (χ4n) is 3.95. The van der Waals surface area contributed by atoms with Crippen LogP contribution in [0.25, 0.3) is 0 Å². The zero-order valence-corrected chi connectivity index (χ0v) is 20.8. The first kappa shape index (κ1) is 25.3. The van der Waals surface area contributed by atoms with Crippen molar-refractivity contribution in [1.29, 1.82) is 0 Å². The van der Waals surface area contributed by atoms with Crippen LogP contribution in [0.1, 0.15) is 39.6 Å². The lowest BCUT2D eigenvalue weighted by molar-refractivity contribution is 0.0960. The average molecular weight is 482 g/mol. The SMILES string of the molecule is CNC(=O)c1ccccc1S(=O)[C@H](CCCc1cc(OC)c(OC)c(OC)c1)c1ccccc1. The van der Waals surface area contributed by atoms with Crippen LogP contribution >= 0.6 is 0 Å². The standard InChI is InChI=1S/C27H31NO5S/c1-28-27(29)21-14-8-9-15-25(21)34(30)24(20-12-6-5-7-13-20)16-10-11-19-17-22(31-2)26(33-4)23(18-19)32-3/h5-9,12-15,17-18,24H,10-11,16H2,1-4H3,(H,28,29)/t24-,34?/m1/s1. The summed E-state index contributed by atoms with van der Waals surface area (Å²) < 4.78 is 30.1. The molecule has 1 N–H and O–H groups in total. The number of aryl methyl sites for hydroxylation is 1. The molecule has 0 aromatic heterocycles. The first-order valence-corrected chi connectivity index (χ1v) is 12.3. The monoisotopic (exact) mass is 481 g/mol. The van der Waals surface area contributed by atoms with Crippen LogP contribution in [-0.4, -0.2) is 38.5 Å². The van der Waals surface area contributed by atoms with E-state index in [4.69, 9.17) is 14.2 Å². The highest BCUT2D eigenvalue weighted by Crippen LogP contribution is 2.39. The van der Waals surface area contributed by atoms with E-state index in [0.717, 1.165) is 24.0 Å². The largest absolute Gasteiger partial charge is 0.493 e. The van der Waals surface area contributed by atoms with E-state index in [-0.39, 0.29) is 11.2 Å². The predicted octanol–water partition coefficient (Wildman–Crippen LogP) is 4.94. The van der Waals surface area contributed by atoms with Crippen molar-refractivity contribution in [2.75, 3.05) is 28.4 Å². The average Bonchev–Trinajstić information content (AvgIpc) is 2.90. The number of hydrogen-bond acceptors (Lipinski definition) is 5. The van der Waals surface area contributed by atoms with Crippen LogP contribution in [0, 0.1) is 0 Å². The van der Waals surface area contributed by atoms with Gasteiger partial charge in [0, 0.05) is 7.05 Å². The minimum absolute atomic E-state index is 0.242. The summed E-state index contributed by atoms with van der Waals surface area (Å²) in [5, 5.41) is 2.39. The number of carbonyl (C=O) groups is 1. The van der Waals surface area contributed by atoms with E-state index in [9.17, 15) is 9.00 Å². The number of amides is 1. The molecule has 3 rings (SSSR count). The van der Waals surface area contributed by atoms with E-state index in [1.807, 2.05) is 48.5 Å². The van der Waals surface area contributed by atoms with Gasteiger partial charge in [0.25, 0.3) is 5.91 Å². The van der Waals surface area contributed by atoms with Crippen LogP contribution in [0.3, 0.4) is 0 Å². The Balaban J connectivity index is 1.86. The molecule has 0 radical (unpaired) electrons. The van der Waals surface area contributed by atoms with Gasteiger partial charge in [0.15, 0.2) is 11.5 Å². The highest BCUT2D eigenvalue weighted by molar-refractivity contribution is 7.85. The molecular formula is C27H31NO5S. The summed E-state index contributed by atoms with van der Waals surface area (Å²) in [5.41, 5.74) is 2.46. The highest BCUT2D eigenvalue weighted by atomic mass is 32.2. The second kappa shape index (κ2) is 12.2. The van der Waals surface area contributed by atoms with Crippen molar-refractivity contribution in [2.24, 2.45) is 0 Å². The summed E-state index contributed by atoms with van der Waals surface area (Å²) in [6, 6.07) is 20.8. The first-order valence-electron chi connectivity index (χ1n) is 11.1. The molecule has 180 valence electrons. The predicted molar refractivity (Wildman–Crippen MR) is 134 cm³/mol. The maximum absolute atomic E-state index is 13.8. The van der Waals surface area contributed by atoms with Gasteiger partial charge >= 0.3 is 0 Å². The van der Waals surface area contributed by atoms with Crippen LogP contribution in [0.15, 0.2) is 71.6 Å². The van der Waals surface area contributed by atoms with E-state index in [1.54, 1.807) is 46.6 Å². The van der Waals surface area contributed by atoms with Crippen LogP contribution in [0.2, 0.25) is 0 Å². The minimum atomic E-state index is -1.41. The molecule has 0 bridgehead atoms. The minimum Gasteiger partial charge on any atom is -0.493 e. The fraction of sp³-hybridized carbons (Fsp3) is 0.296. The molecular weight excluding hydrogens is 450 g/mol. The molecule has 0 aliphatic rings. The summed E-state index contributed by atoms with van der Waals surface area (Å²) in [6.07, 6.45) is 2.20. The molecule has 0 aliphatic carbocycles. The molecule has 0 saturated carbocycles. The quantitative estimate of drug-likeness (QED) is 0.420. The number of benzene rings is 3. The van der Waals surface area contributed by atoms with Crippen LogP contribution in [0.4, 0.5) is 0 Å². The van der Waals surface area contributed by atoms with Gasteiger partial charge in [0.1, 0.15) is 0 Å². The van der Waals surface area contributed by atoms with Gasteiger partial charge in [-0.05, 0) is 54.7 Å². The lowest BCUT2D eigenvalue weighted by atomic mass is 10.0. The molecule has 0 saturated heterocycles. The maximum atomic E-state index is 13.8. The fourth-order valence-corrected chi connectivity index (χ4v) is 5.64. The smallest absolute Gasteiger partial charge is 0.252 e. The van der Waals surface area contributed by atoms with E-state index in [2.05, 4.69) is 5.32 Å². The van der Waals surface area contributed by atoms with Gasteiger partial charge in [0.2, 0.25) is 5.75 Å². The number of hydrogen-bond donors (Lipinski definition) is 1. The summed E-state index contributed by atoms with van der Waals surface area (Å²) in [5.74, 6) is 1.54. The van der Waals surface area contributed by atoms with Crippen molar-refractivity contribution in [3.63, 3.8) is 0 Å². The molecule has 0 heterocycles. The molecule has 0 fully saturated rings. The molecule has 7 heteroatoms. The Morgan fingerprint density at radius 1 is 0.912 bits per heavy atom. The van der Waals surface area contributed by atoms with Crippen molar-refractivity contribution < 1.29 is 23.2 Å². The highest BCUT2D eigenvalue weighted by Gasteiger charge is 2.24. The molecule has 34 heavy (non-hydrogen) atoms. The second-order valence-electron chi connectivity index (χ2n) is 7.70. The number of methoxy groups -OCH3 is 3. The van der Waals surface area contributed by atoms with E-state index in [0.29, 0.717) is 34.1 Å². The van der Waals surface area contributed by atoms with E-state index in [1.165, 1.54) is 0 Å². The van der Waals surface area contributed by atoms with E-state index >= 15 is 0 Å². The topological polar surface area (TPSA) is 73.9 Å². The lowest BCUT2D eigenvalue weighted by Crippen LogP contribution is -2.21. The van der Waals surface area contributed by atoms with Crippen LogP contribution in [0.5, 0.6) is 17.2 Å². The Kier molecular flexibility index (Phi) is 9.10. The van der Waals surface area contributed by atoms with Gasteiger partial charge in [-0.25, -0.2) is 0 Å². The van der Waals surface area contributed by atoms with E-state index < -0.39 is 10.8 Å². The summed E-state index contributed by atoms with van der Waals surface area (Å²) in [4.78, 5) is 12.9. The van der Waals surface area contributed by atoms with Crippen LogP contribution in [-0.2, 0) is 17.2 Å². The number of nitrogens with one attached hydrogen (secondary N) is 1. The molecule has 1 amide bonds. The molecule has 3 aromatic rings. The lowest BCUT2D eigenvalue weighted by Gasteiger charge is -2.19. The summed E-state index contributed by atoms with van der Waals surface area (Å²) in [6.45, 7) is 0. The summed E-state index contributed by atoms with van der Waals surface area (Å²) in [7, 11) is 4.94. The third kappa shape index (κ3) is 5.78. The zero-order chi connectivity index (χ0) is 24.5. The molecule has 6 nitrogen and oxygen atoms in total. The number of ether oxygens (including phenoxy) is 3. The number of carbonyl (C=O) groups excluding carboxylic acids is 1. The van der Waals surface area contributed by atoms with Gasteiger partial charge in [-0.15, -0.1) is 0 Å². The Morgan fingerprint density at radius 2 is 1.53 bits per heavy atom. The third-order valence-corrected chi connectivity index (χ3v) is 7.48. The number of rotatable bonds is 11. The van der Waals surface area contributed by atoms with Gasteiger partial charge in [-0.3, -0.25) is 9.00 Å². The Morgan fingerprint density at radius 3 is 2.12 bits per heavy atom.